The minimum Gasteiger partial charge on any atom is -0.481 e. The summed E-state index contributed by atoms with van der Waals surface area (Å²) in [5.74, 6) is -0.820. The molecule has 1 fully saturated rings. The number of aliphatic carboxylic acids is 1. The third-order valence-corrected chi connectivity index (χ3v) is 4.98. The molecule has 21 heavy (non-hydrogen) atoms. The van der Waals surface area contributed by atoms with Crippen LogP contribution in [0.25, 0.3) is 0 Å². The summed E-state index contributed by atoms with van der Waals surface area (Å²) in [7, 11) is 0. The molecule has 114 valence electrons. The number of carbonyl (C=O) groups excluding carboxylic acids is 1. The lowest BCUT2D eigenvalue weighted by atomic mass is 9.86. The van der Waals surface area contributed by atoms with Crippen LogP contribution in [0.2, 0.25) is 0 Å². The van der Waals surface area contributed by atoms with Crippen molar-refractivity contribution in [2.75, 3.05) is 11.9 Å². The van der Waals surface area contributed by atoms with Crippen molar-refractivity contribution in [3.63, 3.8) is 0 Å². The van der Waals surface area contributed by atoms with Gasteiger partial charge in [-0.15, -0.1) is 0 Å². The zero-order valence-electron chi connectivity index (χ0n) is 11.9. The maximum Gasteiger partial charge on any atom is 0.319 e. The molecule has 0 aromatic heterocycles. The van der Waals surface area contributed by atoms with E-state index in [1.54, 1.807) is 0 Å². The first kappa shape index (κ1) is 15.8. The van der Waals surface area contributed by atoms with Gasteiger partial charge in [-0.05, 0) is 37.5 Å². The van der Waals surface area contributed by atoms with Crippen molar-refractivity contribution >= 4 is 33.6 Å². The van der Waals surface area contributed by atoms with Gasteiger partial charge < -0.3 is 15.7 Å². The molecule has 1 aromatic carbocycles. The lowest BCUT2D eigenvalue weighted by Gasteiger charge is -2.24. The van der Waals surface area contributed by atoms with Crippen LogP contribution in [0.4, 0.5) is 10.5 Å². The molecule has 1 aliphatic carbocycles. The molecule has 1 aromatic rings. The van der Waals surface area contributed by atoms with Gasteiger partial charge >= 0.3 is 12.0 Å². The molecular weight excluding hydrogens is 336 g/mol. The average molecular weight is 355 g/mol. The van der Waals surface area contributed by atoms with Crippen LogP contribution >= 0.6 is 15.9 Å². The molecule has 0 spiro atoms. The van der Waals surface area contributed by atoms with E-state index in [0.29, 0.717) is 18.5 Å². The molecule has 1 saturated carbocycles. The Labute approximate surface area is 132 Å². The van der Waals surface area contributed by atoms with Gasteiger partial charge in [0.2, 0.25) is 0 Å². The maximum atomic E-state index is 12.0. The molecule has 0 atom stereocenters. The van der Waals surface area contributed by atoms with Crippen LogP contribution in [0.1, 0.15) is 31.2 Å². The number of anilines is 1. The van der Waals surface area contributed by atoms with Crippen molar-refractivity contribution in [1.29, 1.82) is 0 Å². The van der Waals surface area contributed by atoms with Crippen LogP contribution in [0.15, 0.2) is 22.7 Å². The Bertz CT molecular complexity index is 554. The standard InChI is InChI=1S/C15H19BrN2O3/c1-10-11(16)5-4-6-12(10)18-14(21)17-9-15(13(19)20)7-2-3-8-15/h4-6H,2-3,7-9H2,1H3,(H,19,20)(H2,17,18,21). The third-order valence-electron chi connectivity index (χ3n) is 4.12. The fourth-order valence-corrected chi connectivity index (χ4v) is 3.04. The van der Waals surface area contributed by atoms with Gasteiger partial charge in [-0.3, -0.25) is 4.79 Å². The Kier molecular flexibility index (Phi) is 4.88. The highest BCUT2D eigenvalue weighted by atomic mass is 79.9. The summed E-state index contributed by atoms with van der Waals surface area (Å²) in [4.78, 5) is 23.4. The lowest BCUT2D eigenvalue weighted by Crippen LogP contribution is -2.42. The van der Waals surface area contributed by atoms with Gasteiger partial charge in [-0.1, -0.05) is 34.8 Å². The van der Waals surface area contributed by atoms with Crippen molar-refractivity contribution in [1.82, 2.24) is 5.32 Å². The first-order valence-corrected chi connectivity index (χ1v) is 7.77. The summed E-state index contributed by atoms with van der Waals surface area (Å²) in [6.07, 6.45) is 3.05. The number of halogens is 1. The second kappa shape index (κ2) is 6.47. The minimum atomic E-state index is -0.820. The van der Waals surface area contributed by atoms with E-state index in [0.717, 1.165) is 22.9 Å². The van der Waals surface area contributed by atoms with E-state index in [1.807, 2.05) is 25.1 Å². The summed E-state index contributed by atoms with van der Waals surface area (Å²) in [6.45, 7) is 2.07. The van der Waals surface area contributed by atoms with E-state index < -0.39 is 11.4 Å². The molecular formula is C15H19BrN2O3. The van der Waals surface area contributed by atoms with E-state index in [-0.39, 0.29) is 12.6 Å². The smallest absolute Gasteiger partial charge is 0.319 e. The van der Waals surface area contributed by atoms with E-state index in [4.69, 9.17) is 0 Å². The number of carboxylic acids is 1. The molecule has 0 heterocycles. The van der Waals surface area contributed by atoms with E-state index in [2.05, 4.69) is 26.6 Å². The topological polar surface area (TPSA) is 78.4 Å². The van der Waals surface area contributed by atoms with Crippen molar-refractivity contribution in [2.45, 2.75) is 32.6 Å². The Morgan fingerprint density at radius 2 is 2.00 bits per heavy atom. The van der Waals surface area contributed by atoms with Crippen LogP contribution in [-0.2, 0) is 4.79 Å². The molecule has 1 aliphatic rings. The van der Waals surface area contributed by atoms with Gasteiger partial charge in [0.1, 0.15) is 0 Å². The SMILES string of the molecule is Cc1c(Br)cccc1NC(=O)NCC1(C(=O)O)CCCC1. The molecule has 0 unspecified atom stereocenters. The van der Waals surface area contributed by atoms with Gasteiger partial charge in [0.15, 0.2) is 0 Å². The number of carbonyl (C=O) groups is 2. The van der Waals surface area contributed by atoms with Crippen LogP contribution in [0.5, 0.6) is 0 Å². The first-order chi connectivity index (χ1) is 9.94. The summed E-state index contributed by atoms with van der Waals surface area (Å²) >= 11 is 3.41. The Morgan fingerprint density at radius 3 is 2.62 bits per heavy atom. The third kappa shape index (κ3) is 3.56. The van der Waals surface area contributed by atoms with Crippen molar-refractivity contribution in [3.8, 4) is 0 Å². The fourth-order valence-electron chi connectivity index (χ4n) is 2.68. The molecule has 0 aliphatic heterocycles. The number of hydrogen-bond donors (Lipinski definition) is 3. The zero-order valence-corrected chi connectivity index (χ0v) is 13.5. The predicted molar refractivity (Wildman–Crippen MR) is 84.4 cm³/mol. The van der Waals surface area contributed by atoms with E-state index in [9.17, 15) is 14.7 Å². The molecule has 6 heteroatoms. The highest BCUT2D eigenvalue weighted by Crippen LogP contribution is 2.37. The number of benzene rings is 1. The highest BCUT2D eigenvalue weighted by Gasteiger charge is 2.41. The molecule has 2 rings (SSSR count). The minimum absolute atomic E-state index is 0.168. The number of urea groups is 1. The second-order valence-electron chi connectivity index (χ2n) is 5.51. The summed E-state index contributed by atoms with van der Waals surface area (Å²) < 4.78 is 0.915. The van der Waals surface area contributed by atoms with Crippen LogP contribution in [0, 0.1) is 12.3 Å². The molecule has 3 N–H and O–H groups in total. The monoisotopic (exact) mass is 354 g/mol. The van der Waals surface area contributed by atoms with Crippen molar-refractivity contribution in [2.24, 2.45) is 5.41 Å². The normalized spacial score (nSPS) is 16.5. The average Bonchev–Trinajstić information content (AvgIpc) is 2.92. The molecule has 0 bridgehead atoms. The Balaban J connectivity index is 1.96. The van der Waals surface area contributed by atoms with Gasteiger partial charge in [0.05, 0.1) is 5.41 Å². The van der Waals surface area contributed by atoms with Crippen LogP contribution in [-0.4, -0.2) is 23.7 Å². The highest BCUT2D eigenvalue weighted by molar-refractivity contribution is 9.10. The predicted octanol–water partition coefficient (Wildman–Crippen LogP) is 3.52. The first-order valence-electron chi connectivity index (χ1n) is 6.98. The molecule has 2 amide bonds. The summed E-state index contributed by atoms with van der Waals surface area (Å²) in [5.41, 5.74) is 0.836. The molecule has 0 saturated heterocycles. The number of nitrogens with one attached hydrogen (secondary N) is 2. The maximum absolute atomic E-state index is 12.0. The molecule has 0 radical (unpaired) electrons. The van der Waals surface area contributed by atoms with Crippen molar-refractivity contribution < 1.29 is 14.7 Å². The lowest BCUT2D eigenvalue weighted by molar-refractivity contribution is -0.148. The fraction of sp³-hybridized carbons (Fsp3) is 0.467. The number of hydrogen-bond acceptors (Lipinski definition) is 2. The van der Waals surface area contributed by atoms with Gasteiger partial charge in [-0.25, -0.2) is 4.79 Å². The van der Waals surface area contributed by atoms with E-state index in [1.165, 1.54) is 0 Å². The number of amides is 2. The van der Waals surface area contributed by atoms with E-state index >= 15 is 0 Å². The summed E-state index contributed by atoms with van der Waals surface area (Å²) in [6, 6.07) is 5.17. The Hall–Kier alpha value is -1.56. The number of rotatable bonds is 4. The van der Waals surface area contributed by atoms with Gasteiger partial charge in [0, 0.05) is 16.7 Å². The Morgan fingerprint density at radius 1 is 1.33 bits per heavy atom. The largest absolute Gasteiger partial charge is 0.481 e. The molecule has 5 nitrogen and oxygen atoms in total. The van der Waals surface area contributed by atoms with Crippen LogP contribution < -0.4 is 10.6 Å². The van der Waals surface area contributed by atoms with Gasteiger partial charge in [0.25, 0.3) is 0 Å². The quantitative estimate of drug-likeness (QED) is 0.773. The number of carboxylic acid groups (broad SMARTS) is 1. The second-order valence-corrected chi connectivity index (χ2v) is 6.37. The van der Waals surface area contributed by atoms with Crippen LogP contribution in [0.3, 0.4) is 0 Å². The van der Waals surface area contributed by atoms with Gasteiger partial charge in [-0.2, -0.15) is 0 Å². The van der Waals surface area contributed by atoms with Crippen molar-refractivity contribution in [3.05, 3.63) is 28.2 Å². The summed E-state index contributed by atoms with van der Waals surface area (Å²) in [5, 5.41) is 14.8. The zero-order chi connectivity index (χ0) is 15.5.